The Morgan fingerprint density at radius 3 is 2.29 bits per heavy atom. The molecule has 28 heavy (non-hydrogen) atoms. The van der Waals surface area contributed by atoms with Gasteiger partial charge in [-0.05, 0) is 49.8 Å². The number of rotatable bonds is 5. The number of nitrogens with zero attached hydrogens (tertiary/aromatic N) is 1. The van der Waals surface area contributed by atoms with E-state index in [4.69, 9.17) is 4.74 Å². The van der Waals surface area contributed by atoms with Crippen LogP contribution >= 0.6 is 0 Å². The van der Waals surface area contributed by atoms with Gasteiger partial charge in [0.2, 0.25) is 0 Å². The third-order valence-electron chi connectivity index (χ3n) is 5.96. The van der Waals surface area contributed by atoms with E-state index in [-0.39, 0.29) is 23.5 Å². The molecule has 1 aliphatic heterocycles. The molecule has 0 bridgehead atoms. The first-order chi connectivity index (χ1) is 13.3. The Balaban J connectivity index is 1.56. The maximum atomic E-state index is 12.5. The number of sulfone groups is 1. The van der Waals surface area contributed by atoms with Crippen LogP contribution in [-0.2, 0) is 19.4 Å². The first kappa shape index (κ1) is 20.8. The maximum absolute atomic E-state index is 12.5. The molecule has 1 saturated carbocycles. The third kappa shape index (κ3) is 4.93. The molecule has 1 aliphatic carbocycles. The van der Waals surface area contributed by atoms with Crippen LogP contribution < -0.4 is 0 Å². The predicted molar refractivity (Wildman–Crippen MR) is 107 cm³/mol. The second kappa shape index (κ2) is 8.64. The predicted octanol–water partition coefficient (Wildman–Crippen LogP) is 2.93. The van der Waals surface area contributed by atoms with E-state index in [9.17, 15) is 18.0 Å². The molecule has 1 aromatic carbocycles. The number of likely N-dealkylation sites (N-methyl/N-ethyl adjacent to an activating group) is 1. The number of hydrogen-bond acceptors (Lipinski definition) is 5. The highest BCUT2D eigenvalue weighted by Gasteiger charge is 2.35. The van der Waals surface area contributed by atoms with Crippen LogP contribution in [0, 0.1) is 0 Å². The van der Waals surface area contributed by atoms with Gasteiger partial charge in [-0.15, -0.1) is 0 Å². The van der Waals surface area contributed by atoms with Gasteiger partial charge >= 0.3 is 5.97 Å². The van der Waals surface area contributed by atoms with Crippen molar-refractivity contribution in [1.29, 1.82) is 0 Å². The van der Waals surface area contributed by atoms with Gasteiger partial charge in [0.25, 0.3) is 5.91 Å². The summed E-state index contributed by atoms with van der Waals surface area (Å²) in [6.07, 6.45) is 5.66. The van der Waals surface area contributed by atoms with Crippen molar-refractivity contribution < 1.29 is 22.7 Å². The van der Waals surface area contributed by atoms with E-state index >= 15 is 0 Å². The maximum Gasteiger partial charge on any atom is 0.338 e. The number of carbonyl (C=O) groups is 2. The van der Waals surface area contributed by atoms with Crippen LogP contribution in [0.1, 0.15) is 67.3 Å². The van der Waals surface area contributed by atoms with Crippen molar-refractivity contribution in [3.63, 3.8) is 0 Å². The number of hydrogen-bond donors (Lipinski definition) is 0. The molecule has 0 unspecified atom stereocenters. The molecule has 7 heteroatoms. The average molecular weight is 408 g/mol. The highest BCUT2D eigenvalue weighted by atomic mass is 32.2. The molecule has 1 aromatic rings. The molecule has 154 valence electrons. The molecule has 1 heterocycles. The van der Waals surface area contributed by atoms with Gasteiger partial charge in [0.15, 0.2) is 15.9 Å². The van der Waals surface area contributed by atoms with Crippen molar-refractivity contribution in [2.75, 3.05) is 18.6 Å². The van der Waals surface area contributed by atoms with Gasteiger partial charge in [-0.1, -0.05) is 31.4 Å². The first-order valence-corrected chi connectivity index (χ1v) is 11.9. The molecular weight excluding hydrogens is 378 g/mol. The van der Waals surface area contributed by atoms with E-state index in [1.807, 2.05) is 12.1 Å². The van der Waals surface area contributed by atoms with E-state index in [1.54, 1.807) is 19.2 Å². The van der Waals surface area contributed by atoms with Gasteiger partial charge < -0.3 is 9.64 Å². The van der Waals surface area contributed by atoms with Crippen LogP contribution in [0.15, 0.2) is 24.3 Å². The minimum Gasteiger partial charge on any atom is -0.449 e. The van der Waals surface area contributed by atoms with E-state index in [0.29, 0.717) is 17.9 Å². The Labute approximate surface area is 167 Å². The summed E-state index contributed by atoms with van der Waals surface area (Å²) in [4.78, 5) is 26.3. The summed E-state index contributed by atoms with van der Waals surface area (Å²) < 4.78 is 28.6. The van der Waals surface area contributed by atoms with Crippen LogP contribution in [0.25, 0.3) is 0 Å². The largest absolute Gasteiger partial charge is 0.449 e. The van der Waals surface area contributed by atoms with Crippen LogP contribution in [-0.4, -0.2) is 55.9 Å². The zero-order valence-electron chi connectivity index (χ0n) is 16.6. The number of carbonyl (C=O) groups excluding carboxylic acids is 2. The van der Waals surface area contributed by atoms with Crippen LogP contribution in [0.2, 0.25) is 0 Å². The van der Waals surface area contributed by atoms with E-state index in [1.165, 1.54) is 49.5 Å². The quantitative estimate of drug-likeness (QED) is 0.701. The number of ether oxygens (including phenoxy) is 1. The number of amides is 1. The van der Waals surface area contributed by atoms with Crippen molar-refractivity contribution in [1.82, 2.24) is 4.90 Å². The lowest BCUT2D eigenvalue weighted by molar-refractivity contribution is -0.140. The topological polar surface area (TPSA) is 80.8 Å². The first-order valence-electron chi connectivity index (χ1n) is 10.0. The Bertz CT molecular complexity index is 812. The van der Waals surface area contributed by atoms with Crippen molar-refractivity contribution >= 4 is 21.7 Å². The van der Waals surface area contributed by atoms with E-state index in [0.717, 1.165) is 0 Å². The summed E-state index contributed by atoms with van der Waals surface area (Å²) in [5.41, 5.74) is 1.67. The van der Waals surface area contributed by atoms with E-state index in [2.05, 4.69) is 0 Å². The summed E-state index contributed by atoms with van der Waals surface area (Å²) in [7, 11) is -1.51. The lowest BCUT2D eigenvalue weighted by atomic mass is 9.84. The molecule has 2 fully saturated rings. The van der Waals surface area contributed by atoms with Crippen molar-refractivity contribution in [3.05, 3.63) is 35.4 Å². The Hall–Kier alpha value is -1.89. The molecule has 0 N–H and O–H groups in total. The molecule has 0 aromatic heterocycles. The summed E-state index contributed by atoms with van der Waals surface area (Å²) in [6.45, 7) is 1.52. The van der Waals surface area contributed by atoms with Crippen molar-refractivity contribution in [2.45, 2.75) is 63.5 Å². The Morgan fingerprint density at radius 2 is 1.71 bits per heavy atom. The fourth-order valence-electron chi connectivity index (χ4n) is 4.15. The van der Waals surface area contributed by atoms with Crippen molar-refractivity contribution in [2.24, 2.45) is 0 Å². The zero-order valence-corrected chi connectivity index (χ0v) is 17.4. The SMILES string of the molecule is C[C@@H](OC(=O)c1ccc(C2CCCCC2)cc1)C(=O)N(C)[C@H]1CCS(=O)(=O)C1. The lowest BCUT2D eigenvalue weighted by Crippen LogP contribution is -2.44. The Kier molecular flexibility index (Phi) is 6.43. The summed E-state index contributed by atoms with van der Waals surface area (Å²) in [5, 5.41) is 0. The normalized spacial score (nSPS) is 23.1. The molecule has 1 saturated heterocycles. The van der Waals surface area contributed by atoms with Gasteiger partial charge in [0, 0.05) is 13.1 Å². The summed E-state index contributed by atoms with van der Waals surface area (Å²) in [5.74, 6) is -0.288. The second-order valence-corrected chi connectivity index (χ2v) is 10.2. The summed E-state index contributed by atoms with van der Waals surface area (Å²) >= 11 is 0. The number of esters is 1. The molecule has 1 amide bonds. The van der Waals surface area contributed by atoms with Crippen LogP contribution in [0.3, 0.4) is 0 Å². The number of benzene rings is 1. The Morgan fingerprint density at radius 1 is 1.07 bits per heavy atom. The fraction of sp³-hybridized carbons (Fsp3) is 0.619. The van der Waals surface area contributed by atoms with Gasteiger partial charge in [0.1, 0.15) is 0 Å². The standard InChI is InChI=1S/C21H29NO5S/c1-15(20(23)22(2)19-12-13-28(25,26)14-19)27-21(24)18-10-8-17(9-11-18)16-6-4-3-5-7-16/h8-11,15-16,19H,3-7,12-14H2,1-2H3/t15-,19+/m1/s1. The minimum atomic E-state index is -3.08. The molecule has 6 nitrogen and oxygen atoms in total. The zero-order chi connectivity index (χ0) is 20.3. The lowest BCUT2D eigenvalue weighted by Gasteiger charge is -2.26. The molecule has 2 aliphatic rings. The highest BCUT2D eigenvalue weighted by Crippen LogP contribution is 2.32. The monoisotopic (exact) mass is 407 g/mol. The molecule has 0 spiro atoms. The fourth-order valence-corrected chi connectivity index (χ4v) is 5.93. The third-order valence-corrected chi connectivity index (χ3v) is 7.71. The average Bonchev–Trinajstić information content (AvgIpc) is 3.07. The van der Waals surface area contributed by atoms with Gasteiger partial charge in [0.05, 0.1) is 17.1 Å². The van der Waals surface area contributed by atoms with Crippen molar-refractivity contribution in [3.8, 4) is 0 Å². The van der Waals surface area contributed by atoms with Crippen LogP contribution in [0.4, 0.5) is 0 Å². The van der Waals surface area contributed by atoms with E-state index < -0.39 is 21.9 Å². The molecule has 3 rings (SSSR count). The van der Waals surface area contributed by atoms with Gasteiger partial charge in [-0.3, -0.25) is 4.79 Å². The minimum absolute atomic E-state index is 0.0292. The highest BCUT2D eigenvalue weighted by molar-refractivity contribution is 7.91. The second-order valence-electron chi connectivity index (χ2n) is 8.01. The molecule has 0 radical (unpaired) electrons. The smallest absolute Gasteiger partial charge is 0.338 e. The summed E-state index contributed by atoms with van der Waals surface area (Å²) in [6, 6.07) is 7.13. The van der Waals surface area contributed by atoms with Gasteiger partial charge in [-0.2, -0.15) is 0 Å². The van der Waals surface area contributed by atoms with Gasteiger partial charge in [-0.25, -0.2) is 13.2 Å². The molecule has 2 atom stereocenters. The molecular formula is C21H29NO5S. The van der Waals surface area contributed by atoms with Crippen LogP contribution in [0.5, 0.6) is 0 Å².